The van der Waals surface area contributed by atoms with Crippen LogP contribution >= 0.6 is 0 Å². The number of rotatable bonds is 9. The minimum absolute atomic E-state index is 0.0255. The number of aromatic hydroxyl groups is 1. The molecule has 0 amide bonds. The van der Waals surface area contributed by atoms with Crippen LogP contribution in [0.5, 0.6) is 11.5 Å². The van der Waals surface area contributed by atoms with Crippen molar-refractivity contribution in [2.75, 3.05) is 29.0 Å². The van der Waals surface area contributed by atoms with E-state index in [9.17, 15) is 18.6 Å². The van der Waals surface area contributed by atoms with Gasteiger partial charge in [-0.3, -0.25) is 4.72 Å². The standard InChI is InChI=1S/C19H26N2O5S/c1-14(2)21(15-7-5-4-6-8-15)12-16(22)13-26-17-9-10-19(23)18(11-17)20-27(3,24)25/h4-11,14,16,20,22-23H,12-13H2,1-3H3. The number of hydrogen-bond donors (Lipinski definition) is 3. The summed E-state index contributed by atoms with van der Waals surface area (Å²) in [6.07, 6.45) is 0.237. The largest absolute Gasteiger partial charge is 0.506 e. The molecule has 3 N–H and O–H groups in total. The molecule has 148 valence electrons. The Labute approximate surface area is 160 Å². The second-order valence-electron chi connectivity index (χ2n) is 6.60. The van der Waals surface area contributed by atoms with E-state index in [-0.39, 0.29) is 24.1 Å². The van der Waals surface area contributed by atoms with E-state index in [0.717, 1.165) is 11.9 Å². The number of sulfonamides is 1. The van der Waals surface area contributed by atoms with Crippen LogP contribution < -0.4 is 14.4 Å². The maximum atomic E-state index is 11.3. The van der Waals surface area contributed by atoms with Crippen molar-refractivity contribution >= 4 is 21.4 Å². The van der Waals surface area contributed by atoms with Gasteiger partial charge >= 0.3 is 0 Å². The monoisotopic (exact) mass is 394 g/mol. The molecule has 0 saturated carbocycles. The molecule has 0 heterocycles. The average molecular weight is 394 g/mol. The highest BCUT2D eigenvalue weighted by molar-refractivity contribution is 7.92. The number of phenols is 1. The highest BCUT2D eigenvalue weighted by atomic mass is 32.2. The number of phenolic OH excluding ortho intramolecular Hbond substituents is 1. The zero-order chi connectivity index (χ0) is 20.0. The van der Waals surface area contributed by atoms with Crippen LogP contribution in [0.1, 0.15) is 13.8 Å². The first-order valence-electron chi connectivity index (χ1n) is 8.59. The minimum atomic E-state index is -3.53. The van der Waals surface area contributed by atoms with Crippen LogP contribution in [0.15, 0.2) is 48.5 Å². The Bertz CT molecular complexity index is 840. The van der Waals surface area contributed by atoms with E-state index in [1.54, 1.807) is 0 Å². The van der Waals surface area contributed by atoms with Crippen molar-refractivity contribution in [3.8, 4) is 11.5 Å². The van der Waals surface area contributed by atoms with E-state index < -0.39 is 16.1 Å². The fourth-order valence-electron chi connectivity index (χ4n) is 2.59. The number of aliphatic hydroxyl groups excluding tert-OH is 1. The van der Waals surface area contributed by atoms with E-state index in [0.29, 0.717) is 12.3 Å². The Kier molecular flexibility index (Phi) is 6.92. The molecule has 0 aliphatic carbocycles. The second kappa shape index (κ2) is 8.96. The van der Waals surface area contributed by atoms with Crippen molar-refractivity contribution in [2.24, 2.45) is 0 Å². The third-order valence-corrected chi connectivity index (χ3v) is 4.42. The number of anilines is 2. The van der Waals surface area contributed by atoms with Gasteiger partial charge in [0.2, 0.25) is 10.0 Å². The van der Waals surface area contributed by atoms with Gasteiger partial charge in [0, 0.05) is 24.3 Å². The predicted molar refractivity (Wildman–Crippen MR) is 107 cm³/mol. The summed E-state index contributed by atoms with van der Waals surface area (Å²) in [4.78, 5) is 2.07. The fraction of sp³-hybridized carbons (Fsp3) is 0.368. The van der Waals surface area contributed by atoms with Gasteiger partial charge in [0.05, 0.1) is 11.9 Å². The van der Waals surface area contributed by atoms with E-state index in [2.05, 4.69) is 9.62 Å². The molecule has 8 heteroatoms. The molecule has 0 bridgehead atoms. The van der Waals surface area contributed by atoms with E-state index in [1.165, 1.54) is 18.2 Å². The first kappa shape index (κ1) is 20.9. The molecular formula is C19H26N2O5S. The summed E-state index contributed by atoms with van der Waals surface area (Å²) in [6, 6.07) is 14.2. The maximum absolute atomic E-state index is 11.3. The number of para-hydroxylation sites is 1. The topological polar surface area (TPSA) is 99.1 Å². The number of hydrogen-bond acceptors (Lipinski definition) is 6. The Morgan fingerprint density at radius 1 is 1.15 bits per heavy atom. The maximum Gasteiger partial charge on any atom is 0.229 e. The van der Waals surface area contributed by atoms with Crippen molar-refractivity contribution in [2.45, 2.75) is 26.0 Å². The van der Waals surface area contributed by atoms with Gasteiger partial charge in [0.1, 0.15) is 24.2 Å². The molecule has 0 spiro atoms. The Balaban J connectivity index is 2.00. The molecule has 0 aliphatic heterocycles. The lowest BCUT2D eigenvalue weighted by Gasteiger charge is -2.31. The summed E-state index contributed by atoms with van der Waals surface area (Å²) in [7, 11) is -3.53. The normalized spacial score (nSPS) is 12.6. The number of nitrogens with one attached hydrogen (secondary N) is 1. The molecule has 0 aromatic heterocycles. The molecule has 1 unspecified atom stereocenters. The highest BCUT2D eigenvalue weighted by Gasteiger charge is 2.16. The molecule has 2 aromatic carbocycles. The number of ether oxygens (including phenoxy) is 1. The van der Waals surface area contributed by atoms with Crippen molar-refractivity contribution in [3.63, 3.8) is 0 Å². The molecule has 2 aromatic rings. The van der Waals surface area contributed by atoms with E-state index in [4.69, 9.17) is 4.74 Å². The zero-order valence-electron chi connectivity index (χ0n) is 15.7. The summed E-state index contributed by atoms with van der Waals surface area (Å²) in [5, 5.41) is 20.1. The van der Waals surface area contributed by atoms with E-state index in [1.807, 2.05) is 44.2 Å². The summed E-state index contributed by atoms with van der Waals surface area (Å²) < 4.78 is 30.5. The molecule has 0 aliphatic rings. The van der Waals surface area contributed by atoms with Gasteiger partial charge in [-0.05, 0) is 38.1 Å². The van der Waals surface area contributed by atoms with Crippen LogP contribution in [0, 0.1) is 0 Å². The van der Waals surface area contributed by atoms with Crippen LogP contribution in [-0.4, -0.2) is 50.2 Å². The van der Waals surface area contributed by atoms with Gasteiger partial charge < -0.3 is 19.8 Å². The van der Waals surface area contributed by atoms with E-state index >= 15 is 0 Å². The molecule has 0 saturated heterocycles. The molecular weight excluding hydrogens is 368 g/mol. The third-order valence-electron chi connectivity index (χ3n) is 3.82. The number of benzene rings is 2. The highest BCUT2D eigenvalue weighted by Crippen LogP contribution is 2.28. The first-order valence-corrected chi connectivity index (χ1v) is 10.5. The third kappa shape index (κ3) is 6.65. The fourth-order valence-corrected chi connectivity index (χ4v) is 3.16. The van der Waals surface area contributed by atoms with Crippen LogP contribution in [0.3, 0.4) is 0 Å². The van der Waals surface area contributed by atoms with Crippen LogP contribution in [0.4, 0.5) is 11.4 Å². The minimum Gasteiger partial charge on any atom is -0.506 e. The van der Waals surface area contributed by atoms with Crippen molar-refractivity contribution in [1.29, 1.82) is 0 Å². The van der Waals surface area contributed by atoms with Gasteiger partial charge in [0.15, 0.2) is 0 Å². The van der Waals surface area contributed by atoms with Gasteiger partial charge in [0.25, 0.3) is 0 Å². The quantitative estimate of drug-likeness (QED) is 0.565. The lowest BCUT2D eigenvalue weighted by atomic mass is 10.2. The molecule has 7 nitrogen and oxygen atoms in total. The van der Waals surface area contributed by atoms with Crippen LogP contribution in [0.2, 0.25) is 0 Å². The summed E-state index contributed by atoms with van der Waals surface area (Å²) >= 11 is 0. The lowest BCUT2D eigenvalue weighted by Crippen LogP contribution is -2.39. The van der Waals surface area contributed by atoms with Crippen LogP contribution in [0.25, 0.3) is 0 Å². The van der Waals surface area contributed by atoms with Crippen LogP contribution in [-0.2, 0) is 10.0 Å². The number of aliphatic hydroxyl groups is 1. The van der Waals surface area contributed by atoms with Gasteiger partial charge in [-0.1, -0.05) is 18.2 Å². The number of nitrogens with zero attached hydrogens (tertiary/aromatic N) is 1. The summed E-state index contributed by atoms with van der Waals surface area (Å²) in [5.74, 6) is 0.136. The van der Waals surface area contributed by atoms with Crippen molar-refractivity contribution in [1.82, 2.24) is 0 Å². The second-order valence-corrected chi connectivity index (χ2v) is 8.35. The SMILES string of the molecule is CC(C)N(CC(O)COc1ccc(O)c(NS(C)(=O)=O)c1)c1ccccc1. The van der Waals surface area contributed by atoms with Gasteiger partial charge in [-0.25, -0.2) is 8.42 Å². The summed E-state index contributed by atoms with van der Waals surface area (Å²) in [5.41, 5.74) is 1.04. The molecule has 1 atom stereocenters. The molecule has 0 radical (unpaired) electrons. The van der Waals surface area contributed by atoms with Crippen molar-refractivity contribution in [3.05, 3.63) is 48.5 Å². The Morgan fingerprint density at radius 2 is 1.81 bits per heavy atom. The smallest absolute Gasteiger partial charge is 0.229 e. The average Bonchev–Trinajstić information content (AvgIpc) is 2.59. The molecule has 0 fully saturated rings. The Hall–Kier alpha value is -2.45. The van der Waals surface area contributed by atoms with Crippen molar-refractivity contribution < 1.29 is 23.4 Å². The molecule has 27 heavy (non-hydrogen) atoms. The Morgan fingerprint density at radius 3 is 2.41 bits per heavy atom. The zero-order valence-corrected chi connectivity index (χ0v) is 16.5. The predicted octanol–water partition coefficient (Wildman–Crippen LogP) is 2.42. The summed E-state index contributed by atoms with van der Waals surface area (Å²) in [6.45, 7) is 4.50. The van der Waals surface area contributed by atoms with Gasteiger partial charge in [-0.2, -0.15) is 0 Å². The molecule has 2 rings (SSSR count). The van der Waals surface area contributed by atoms with Gasteiger partial charge in [-0.15, -0.1) is 0 Å². The lowest BCUT2D eigenvalue weighted by molar-refractivity contribution is 0.111. The first-order chi connectivity index (χ1) is 12.7.